The van der Waals surface area contributed by atoms with Gasteiger partial charge in [0.25, 0.3) is 0 Å². The summed E-state index contributed by atoms with van der Waals surface area (Å²) in [4.78, 5) is 0. The van der Waals surface area contributed by atoms with Crippen LogP contribution in [0.2, 0.25) is 0 Å². The van der Waals surface area contributed by atoms with Crippen LogP contribution in [0.4, 0.5) is 0 Å². The maximum Gasteiger partial charge on any atom is 0.0991 e. The fourth-order valence-electron chi connectivity index (χ4n) is 7.70. The zero-order chi connectivity index (χ0) is 31.8. The molecule has 0 saturated heterocycles. The van der Waals surface area contributed by atoms with Gasteiger partial charge in [0.05, 0.1) is 33.7 Å². The zero-order valence-electron chi connectivity index (χ0n) is 25.9. The Bertz CT molecular complexity index is 2950. The van der Waals surface area contributed by atoms with Crippen LogP contribution >= 0.6 is 0 Å². The van der Waals surface area contributed by atoms with Gasteiger partial charge in [0.2, 0.25) is 0 Å². The molecular formula is C45H27N3. The normalized spacial score (nSPS) is 11.7. The van der Waals surface area contributed by atoms with E-state index >= 15 is 0 Å². The van der Waals surface area contributed by atoms with Crippen molar-refractivity contribution >= 4 is 65.2 Å². The molecule has 0 fully saturated rings. The average molecular weight is 610 g/mol. The van der Waals surface area contributed by atoms with Crippen LogP contribution in [0.25, 0.3) is 87.7 Å². The van der Waals surface area contributed by atoms with Crippen LogP contribution in [0.15, 0.2) is 164 Å². The molecule has 0 N–H and O–H groups in total. The summed E-state index contributed by atoms with van der Waals surface area (Å²) in [6, 6.07) is 61.0. The van der Waals surface area contributed by atoms with E-state index in [0.717, 1.165) is 22.1 Å². The number of benzene rings is 8. The first-order valence-corrected chi connectivity index (χ1v) is 16.2. The minimum Gasteiger partial charge on any atom is -0.309 e. The third-order valence-corrected chi connectivity index (χ3v) is 9.90. The second-order valence-corrected chi connectivity index (χ2v) is 12.5. The molecule has 0 atom stereocenters. The van der Waals surface area contributed by atoms with Crippen molar-refractivity contribution in [3.05, 3.63) is 169 Å². The van der Waals surface area contributed by atoms with Crippen LogP contribution < -0.4 is 0 Å². The van der Waals surface area contributed by atoms with E-state index in [9.17, 15) is 5.26 Å². The third kappa shape index (κ3) is 3.87. The lowest BCUT2D eigenvalue weighted by molar-refractivity contribution is 1.18. The Kier molecular flexibility index (Phi) is 5.64. The van der Waals surface area contributed by atoms with Gasteiger partial charge in [-0.25, -0.2) is 0 Å². The molecule has 10 rings (SSSR count). The largest absolute Gasteiger partial charge is 0.309 e. The minimum atomic E-state index is 0.681. The van der Waals surface area contributed by atoms with Crippen molar-refractivity contribution in [3.8, 4) is 28.6 Å². The Hall–Kier alpha value is -6.63. The molecule has 3 heteroatoms. The lowest BCUT2D eigenvalue weighted by Gasteiger charge is -2.12. The number of hydrogen-bond acceptors (Lipinski definition) is 1. The summed E-state index contributed by atoms with van der Waals surface area (Å²) in [6.45, 7) is 0. The molecule has 0 bridgehead atoms. The summed E-state index contributed by atoms with van der Waals surface area (Å²) in [5.74, 6) is 0. The van der Waals surface area contributed by atoms with Crippen molar-refractivity contribution in [1.29, 1.82) is 5.26 Å². The minimum absolute atomic E-state index is 0.681. The summed E-state index contributed by atoms with van der Waals surface area (Å²) in [5.41, 5.74) is 10.1. The van der Waals surface area contributed by atoms with Gasteiger partial charge in [-0.1, -0.05) is 103 Å². The number of hydrogen-bond donors (Lipinski definition) is 0. The summed E-state index contributed by atoms with van der Waals surface area (Å²) in [5, 5.41) is 19.0. The zero-order valence-corrected chi connectivity index (χ0v) is 25.9. The molecule has 0 aliphatic heterocycles. The fraction of sp³-hybridized carbons (Fsp3) is 0. The van der Waals surface area contributed by atoms with Crippen molar-refractivity contribution < 1.29 is 0 Å². The van der Waals surface area contributed by atoms with E-state index in [1.54, 1.807) is 0 Å². The quantitative estimate of drug-likeness (QED) is 0.183. The van der Waals surface area contributed by atoms with Gasteiger partial charge in [-0.15, -0.1) is 0 Å². The molecule has 8 aromatic carbocycles. The number of nitrogens with zero attached hydrogens (tertiary/aromatic N) is 3. The van der Waals surface area contributed by atoms with E-state index in [0.29, 0.717) is 5.56 Å². The van der Waals surface area contributed by atoms with Gasteiger partial charge in [-0.05, 0) is 93.3 Å². The molecule has 2 heterocycles. The first kappa shape index (κ1) is 26.6. The van der Waals surface area contributed by atoms with Gasteiger partial charge in [-0.2, -0.15) is 5.26 Å². The summed E-state index contributed by atoms with van der Waals surface area (Å²) < 4.78 is 4.78. The summed E-state index contributed by atoms with van der Waals surface area (Å²) in [7, 11) is 0. The molecule has 222 valence electrons. The number of fused-ring (bicyclic) bond motifs is 9. The maximum atomic E-state index is 9.40. The van der Waals surface area contributed by atoms with Gasteiger partial charge in [0.1, 0.15) is 0 Å². The van der Waals surface area contributed by atoms with Crippen molar-refractivity contribution in [2.75, 3.05) is 0 Å². The molecule has 0 aliphatic rings. The molecule has 2 aromatic heterocycles. The third-order valence-electron chi connectivity index (χ3n) is 9.90. The second-order valence-electron chi connectivity index (χ2n) is 12.5. The van der Waals surface area contributed by atoms with E-state index in [2.05, 4.69) is 167 Å². The van der Waals surface area contributed by atoms with Crippen LogP contribution in [0.1, 0.15) is 5.56 Å². The molecule has 0 amide bonds. The van der Waals surface area contributed by atoms with E-state index in [4.69, 9.17) is 0 Å². The van der Waals surface area contributed by atoms with Crippen molar-refractivity contribution in [3.63, 3.8) is 0 Å². The van der Waals surface area contributed by atoms with Crippen LogP contribution in [0, 0.1) is 11.3 Å². The number of nitriles is 1. The first-order valence-electron chi connectivity index (χ1n) is 16.2. The van der Waals surface area contributed by atoms with Gasteiger partial charge < -0.3 is 9.13 Å². The van der Waals surface area contributed by atoms with Crippen molar-refractivity contribution in [2.24, 2.45) is 0 Å². The Morgan fingerprint density at radius 3 is 1.48 bits per heavy atom. The Morgan fingerprint density at radius 1 is 0.354 bits per heavy atom. The number of para-hydroxylation sites is 3. The summed E-state index contributed by atoms with van der Waals surface area (Å²) >= 11 is 0. The van der Waals surface area contributed by atoms with Crippen molar-refractivity contribution in [1.82, 2.24) is 9.13 Å². The number of aromatic nitrogens is 2. The molecule has 0 spiro atoms. The molecule has 48 heavy (non-hydrogen) atoms. The SMILES string of the molecule is N#Cc1ccc2c(ccc3cc(-n4c5ccccc5c5ccc(-c6ccc7c8ccccc8n(-c8ccccc8)c7c6)cc54)ccc32)c1. The van der Waals surface area contributed by atoms with Gasteiger partial charge in [0.15, 0.2) is 0 Å². The highest BCUT2D eigenvalue weighted by atomic mass is 15.0. The van der Waals surface area contributed by atoms with E-state index in [-0.39, 0.29) is 0 Å². The standard InChI is InChI=1S/C45H27N3/c46-28-29-14-20-36-32(24-29)15-16-33-25-35(19-23-37(33)36)48-43-13-7-5-11-39(43)41-22-18-31(27-45(41)48)30-17-21-40-38-10-4-6-12-42(38)47(44(40)26-30)34-8-2-1-3-9-34/h1-27H. The Balaban J connectivity index is 1.19. The molecule has 0 aliphatic carbocycles. The van der Waals surface area contributed by atoms with Gasteiger partial charge >= 0.3 is 0 Å². The predicted molar refractivity (Wildman–Crippen MR) is 200 cm³/mol. The van der Waals surface area contributed by atoms with Crippen LogP contribution in [0.3, 0.4) is 0 Å². The second kappa shape index (κ2) is 10.2. The van der Waals surface area contributed by atoms with Crippen molar-refractivity contribution in [2.45, 2.75) is 0 Å². The molecule has 0 radical (unpaired) electrons. The summed E-state index contributed by atoms with van der Waals surface area (Å²) in [6.07, 6.45) is 0. The van der Waals surface area contributed by atoms with Crippen LogP contribution in [-0.4, -0.2) is 9.13 Å². The Morgan fingerprint density at radius 2 is 0.854 bits per heavy atom. The van der Waals surface area contributed by atoms with Crippen LogP contribution in [0.5, 0.6) is 0 Å². The average Bonchev–Trinajstić information content (AvgIpc) is 3.66. The van der Waals surface area contributed by atoms with E-state index in [1.807, 2.05) is 12.1 Å². The highest BCUT2D eigenvalue weighted by Gasteiger charge is 2.16. The topological polar surface area (TPSA) is 33.6 Å². The lowest BCUT2D eigenvalue weighted by atomic mass is 10.00. The molecule has 0 unspecified atom stereocenters. The lowest BCUT2D eigenvalue weighted by Crippen LogP contribution is -1.95. The molecular weight excluding hydrogens is 583 g/mol. The van der Waals surface area contributed by atoms with E-state index < -0.39 is 0 Å². The predicted octanol–water partition coefficient (Wildman–Crippen LogP) is 11.7. The Labute approximate surface area is 276 Å². The van der Waals surface area contributed by atoms with Crippen LogP contribution in [-0.2, 0) is 0 Å². The fourth-order valence-corrected chi connectivity index (χ4v) is 7.70. The number of rotatable bonds is 3. The van der Waals surface area contributed by atoms with Gasteiger partial charge in [0, 0.05) is 32.9 Å². The highest BCUT2D eigenvalue weighted by molar-refractivity contribution is 6.13. The molecule has 10 aromatic rings. The smallest absolute Gasteiger partial charge is 0.0991 e. The monoisotopic (exact) mass is 609 g/mol. The molecule has 3 nitrogen and oxygen atoms in total. The van der Waals surface area contributed by atoms with E-state index in [1.165, 1.54) is 65.5 Å². The highest BCUT2D eigenvalue weighted by Crippen LogP contribution is 2.39. The first-order chi connectivity index (χ1) is 23.7. The van der Waals surface area contributed by atoms with Gasteiger partial charge in [-0.3, -0.25) is 0 Å². The molecule has 0 saturated carbocycles. The maximum absolute atomic E-state index is 9.40.